The van der Waals surface area contributed by atoms with E-state index in [1.807, 2.05) is 24.3 Å². The zero-order chi connectivity index (χ0) is 22.0. The minimum Gasteiger partial charge on any atom is -0.332 e. The molecule has 1 aromatic heterocycles. The smallest absolute Gasteiger partial charge is 0.332 e. The maximum atomic E-state index is 12.9. The Morgan fingerprint density at radius 1 is 1.00 bits per heavy atom. The van der Waals surface area contributed by atoms with E-state index in [-0.39, 0.29) is 15.8 Å². The molecule has 1 aliphatic rings. The number of halogens is 4. The quantitative estimate of drug-likeness (QED) is 0.454. The van der Waals surface area contributed by atoms with Crippen LogP contribution in [0.5, 0.6) is 0 Å². The Morgan fingerprint density at radius 3 is 2.52 bits per heavy atom. The molecule has 10 heteroatoms. The fraction of sp³-hybridized carbons (Fsp3) is 0.286. The van der Waals surface area contributed by atoms with Crippen LogP contribution in [-0.4, -0.2) is 19.9 Å². The second kappa shape index (κ2) is 8.84. The van der Waals surface area contributed by atoms with Crippen LogP contribution in [0.2, 0.25) is 5.02 Å². The molecule has 31 heavy (non-hydrogen) atoms. The average Bonchev–Trinajstić information content (AvgIpc) is 2.97. The molecule has 0 atom stereocenters. The number of anilines is 2. The van der Waals surface area contributed by atoms with E-state index in [1.165, 1.54) is 12.5 Å². The van der Waals surface area contributed by atoms with Crippen molar-refractivity contribution in [1.29, 1.82) is 0 Å². The minimum atomic E-state index is -4.47. The third-order valence-electron chi connectivity index (χ3n) is 5.05. The molecule has 0 aliphatic carbocycles. The molecule has 162 valence electrons. The minimum absolute atomic E-state index is 0.0803. The van der Waals surface area contributed by atoms with E-state index in [2.05, 4.69) is 25.4 Å². The number of nitrogens with zero attached hydrogens (tertiary/aromatic N) is 3. The molecule has 1 aliphatic heterocycles. The van der Waals surface area contributed by atoms with Crippen LogP contribution in [0.1, 0.15) is 30.7 Å². The first kappa shape index (κ1) is 21.6. The molecule has 0 saturated carbocycles. The highest BCUT2D eigenvalue weighted by atomic mass is 35.5. The van der Waals surface area contributed by atoms with Crippen molar-refractivity contribution in [3.8, 4) is 11.4 Å². The SMILES string of the molecule is FC(F)(F)c1ccc(Cl)c(NC(=S)Nc2ccc(-c3nnc4n3CCCCC4)cc2)c1. The molecule has 0 unspecified atom stereocenters. The molecule has 0 amide bonds. The monoisotopic (exact) mass is 465 g/mol. The molecular weight excluding hydrogens is 447 g/mol. The van der Waals surface area contributed by atoms with Crippen molar-refractivity contribution in [1.82, 2.24) is 14.8 Å². The number of aromatic nitrogens is 3. The van der Waals surface area contributed by atoms with Crippen LogP contribution in [0.3, 0.4) is 0 Å². The van der Waals surface area contributed by atoms with Crippen LogP contribution in [0.15, 0.2) is 42.5 Å². The van der Waals surface area contributed by atoms with Gasteiger partial charge < -0.3 is 15.2 Å². The molecule has 0 fully saturated rings. The van der Waals surface area contributed by atoms with Gasteiger partial charge in [-0.05, 0) is 67.5 Å². The van der Waals surface area contributed by atoms with Gasteiger partial charge in [0.15, 0.2) is 10.9 Å². The summed E-state index contributed by atoms with van der Waals surface area (Å²) in [5.74, 6) is 1.85. The Hall–Kier alpha value is -2.65. The molecule has 0 radical (unpaired) electrons. The molecule has 4 rings (SSSR count). The first-order valence-electron chi connectivity index (χ1n) is 9.78. The van der Waals surface area contributed by atoms with Gasteiger partial charge in [-0.2, -0.15) is 13.2 Å². The lowest BCUT2D eigenvalue weighted by molar-refractivity contribution is -0.137. The van der Waals surface area contributed by atoms with Crippen LogP contribution < -0.4 is 10.6 Å². The second-order valence-electron chi connectivity index (χ2n) is 7.25. The number of hydrogen-bond acceptors (Lipinski definition) is 3. The van der Waals surface area contributed by atoms with E-state index in [1.54, 1.807) is 0 Å². The summed E-state index contributed by atoms with van der Waals surface area (Å²) in [6, 6.07) is 10.5. The van der Waals surface area contributed by atoms with Crippen molar-refractivity contribution in [2.45, 2.75) is 38.4 Å². The Labute approximate surface area is 187 Å². The first-order valence-corrected chi connectivity index (χ1v) is 10.6. The maximum absolute atomic E-state index is 12.9. The van der Waals surface area contributed by atoms with Gasteiger partial charge in [-0.1, -0.05) is 18.0 Å². The Kier molecular flexibility index (Phi) is 6.15. The lowest BCUT2D eigenvalue weighted by Gasteiger charge is -2.14. The summed E-state index contributed by atoms with van der Waals surface area (Å²) in [4.78, 5) is 0. The predicted octanol–water partition coefficient (Wildman–Crippen LogP) is 6.15. The van der Waals surface area contributed by atoms with E-state index in [9.17, 15) is 13.2 Å². The van der Waals surface area contributed by atoms with E-state index in [0.717, 1.165) is 55.2 Å². The van der Waals surface area contributed by atoms with Gasteiger partial charge in [-0.15, -0.1) is 10.2 Å². The first-order chi connectivity index (χ1) is 14.8. The van der Waals surface area contributed by atoms with Gasteiger partial charge in [-0.3, -0.25) is 0 Å². The summed E-state index contributed by atoms with van der Waals surface area (Å²) in [6.07, 6.45) is -0.112. The number of aryl methyl sites for hydroxylation is 1. The lowest BCUT2D eigenvalue weighted by atomic mass is 10.2. The van der Waals surface area contributed by atoms with Crippen molar-refractivity contribution < 1.29 is 13.2 Å². The molecule has 0 bridgehead atoms. The zero-order valence-corrected chi connectivity index (χ0v) is 17.9. The number of thiocarbonyl (C=S) groups is 1. The molecule has 3 aromatic rings. The zero-order valence-electron chi connectivity index (χ0n) is 16.3. The highest BCUT2D eigenvalue weighted by molar-refractivity contribution is 7.80. The van der Waals surface area contributed by atoms with Crippen molar-refractivity contribution in [2.24, 2.45) is 0 Å². The Bertz CT molecular complexity index is 1100. The van der Waals surface area contributed by atoms with E-state index >= 15 is 0 Å². The van der Waals surface area contributed by atoms with Crippen LogP contribution in [0.4, 0.5) is 24.5 Å². The highest BCUT2D eigenvalue weighted by Gasteiger charge is 2.31. The third kappa shape index (κ3) is 4.99. The predicted molar refractivity (Wildman–Crippen MR) is 119 cm³/mol. The number of nitrogens with one attached hydrogen (secondary N) is 2. The van der Waals surface area contributed by atoms with Gasteiger partial charge in [-0.25, -0.2) is 0 Å². The van der Waals surface area contributed by atoms with Gasteiger partial charge in [0, 0.05) is 24.2 Å². The fourth-order valence-electron chi connectivity index (χ4n) is 3.48. The van der Waals surface area contributed by atoms with Crippen LogP contribution in [-0.2, 0) is 19.1 Å². The van der Waals surface area contributed by atoms with E-state index < -0.39 is 11.7 Å². The highest BCUT2D eigenvalue weighted by Crippen LogP contribution is 2.34. The average molecular weight is 466 g/mol. The summed E-state index contributed by atoms with van der Waals surface area (Å²) in [7, 11) is 0. The molecule has 0 saturated heterocycles. The number of hydrogen-bond donors (Lipinski definition) is 2. The lowest BCUT2D eigenvalue weighted by Crippen LogP contribution is -2.19. The van der Waals surface area contributed by atoms with Gasteiger partial charge in [0.2, 0.25) is 0 Å². The summed E-state index contributed by atoms with van der Waals surface area (Å²) in [5, 5.41) is 14.6. The second-order valence-corrected chi connectivity index (χ2v) is 8.07. The molecule has 0 spiro atoms. The van der Waals surface area contributed by atoms with Crippen molar-refractivity contribution in [2.75, 3.05) is 10.6 Å². The normalized spacial score (nSPS) is 13.9. The van der Waals surface area contributed by atoms with Gasteiger partial charge in [0.25, 0.3) is 0 Å². The number of fused-ring (bicyclic) bond motifs is 1. The number of benzene rings is 2. The van der Waals surface area contributed by atoms with Crippen molar-refractivity contribution >= 4 is 40.3 Å². The van der Waals surface area contributed by atoms with Gasteiger partial charge in [0.1, 0.15) is 5.82 Å². The molecule has 2 N–H and O–H groups in total. The largest absolute Gasteiger partial charge is 0.416 e. The van der Waals surface area contributed by atoms with Crippen LogP contribution in [0, 0.1) is 0 Å². The Morgan fingerprint density at radius 2 is 1.77 bits per heavy atom. The molecule has 2 heterocycles. The molecule has 2 aromatic carbocycles. The summed E-state index contributed by atoms with van der Waals surface area (Å²) < 4.78 is 41.0. The van der Waals surface area contributed by atoms with Crippen LogP contribution in [0.25, 0.3) is 11.4 Å². The molecule has 5 nitrogen and oxygen atoms in total. The topological polar surface area (TPSA) is 54.8 Å². The van der Waals surface area contributed by atoms with E-state index in [0.29, 0.717) is 5.69 Å². The van der Waals surface area contributed by atoms with Crippen molar-refractivity contribution in [3.05, 3.63) is 58.9 Å². The maximum Gasteiger partial charge on any atom is 0.416 e. The van der Waals surface area contributed by atoms with E-state index in [4.69, 9.17) is 23.8 Å². The Balaban J connectivity index is 1.45. The van der Waals surface area contributed by atoms with Crippen molar-refractivity contribution in [3.63, 3.8) is 0 Å². The summed E-state index contributed by atoms with van der Waals surface area (Å²) in [6.45, 7) is 0.906. The number of rotatable bonds is 3. The molecular formula is C21H19ClF3N5S. The summed E-state index contributed by atoms with van der Waals surface area (Å²) >= 11 is 11.2. The van der Waals surface area contributed by atoms with Crippen LogP contribution >= 0.6 is 23.8 Å². The third-order valence-corrected chi connectivity index (χ3v) is 5.59. The summed E-state index contributed by atoms with van der Waals surface area (Å²) in [5.41, 5.74) is 0.890. The van der Waals surface area contributed by atoms with Gasteiger partial charge in [0.05, 0.1) is 16.3 Å². The number of alkyl halides is 3. The van der Waals surface area contributed by atoms with Gasteiger partial charge >= 0.3 is 6.18 Å². The standard InChI is InChI=1S/C21H19ClF3N5S/c22-16-10-7-14(21(23,24)25)12-17(16)27-20(31)26-15-8-5-13(6-9-15)19-29-28-18-4-2-1-3-11-30(18)19/h5-10,12H,1-4,11H2,(H2,26,27,31). The fourth-order valence-corrected chi connectivity index (χ4v) is 3.88.